The van der Waals surface area contributed by atoms with Crippen LogP contribution in [0.3, 0.4) is 0 Å². The van der Waals surface area contributed by atoms with Crippen molar-refractivity contribution in [3.05, 3.63) is 72.2 Å². The van der Waals surface area contributed by atoms with E-state index in [2.05, 4.69) is 9.97 Å². The van der Waals surface area contributed by atoms with Gasteiger partial charge >= 0.3 is 5.16 Å². The van der Waals surface area contributed by atoms with E-state index in [0.717, 1.165) is 16.9 Å². The van der Waals surface area contributed by atoms with E-state index in [9.17, 15) is 4.55 Å². The number of benzene rings is 1. The summed E-state index contributed by atoms with van der Waals surface area (Å²) in [6.45, 7) is 1.98. The summed E-state index contributed by atoms with van der Waals surface area (Å²) < 4.78 is 15.1. The first-order valence-corrected chi connectivity index (χ1v) is 8.88. The number of nitrogens with zero attached hydrogens (tertiary/aromatic N) is 4. The predicted molar refractivity (Wildman–Crippen MR) is 95.4 cm³/mol. The van der Waals surface area contributed by atoms with Crippen LogP contribution in [0.5, 0.6) is 0 Å². The molecule has 0 aliphatic rings. The van der Waals surface area contributed by atoms with E-state index in [0.29, 0.717) is 5.16 Å². The number of aryl methyl sites for hydroxylation is 1. The minimum atomic E-state index is -1.35. The van der Waals surface area contributed by atoms with Crippen molar-refractivity contribution in [3.63, 3.8) is 0 Å². The van der Waals surface area contributed by atoms with Gasteiger partial charge in [-0.05, 0) is 32.6 Å². The van der Waals surface area contributed by atoms with E-state index < -0.39 is 11.2 Å². The Morgan fingerprint density at radius 3 is 2.46 bits per heavy atom. The average molecular weight is 340 g/mol. The van der Waals surface area contributed by atoms with Crippen molar-refractivity contribution in [1.29, 1.82) is 0 Å². The minimum absolute atomic E-state index is 0.281. The Bertz CT molecular complexity index is 804. The number of imidazole rings is 1. The highest BCUT2D eigenvalue weighted by molar-refractivity contribution is 7.91. The SMILES string of the molecule is Cc1cccnc1-n1ccnc1[S+]([O-])C(c1ccccc1)N(C)C. The Balaban J connectivity index is 2.03. The van der Waals surface area contributed by atoms with Crippen molar-refractivity contribution in [2.75, 3.05) is 14.1 Å². The summed E-state index contributed by atoms with van der Waals surface area (Å²) in [5, 5.41) is 0.218. The molecule has 5 nitrogen and oxygen atoms in total. The van der Waals surface area contributed by atoms with Gasteiger partial charge in [0.15, 0.2) is 0 Å². The zero-order chi connectivity index (χ0) is 17.1. The van der Waals surface area contributed by atoms with Crippen LogP contribution in [-0.4, -0.2) is 38.1 Å². The van der Waals surface area contributed by atoms with Crippen LogP contribution in [0.25, 0.3) is 5.82 Å². The number of aromatic nitrogens is 3. The number of hydrogen-bond acceptors (Lipinski definition) is 4. The second-order valence-electron chi connectivity index (χ2n) is 5.75. The normalized spacial score (nSPS) is 13.9. The van der Waals surface area contributed by atoms with Crippen molar-refractivity contribution in [1.82, 2.24) is 19.4 Å². The molecule has 0 spiro atoms. The van der Waals surface area contributed by atoms with Crippen molar-refractivity contribution in [2.45, 2.75) is 17.5 Å². The van der Waals surface area contributed by atoms with Gasteiger partial charge in [0.1, 0.15) is 5.82 Å². The molecule has 0 aliphatic carbocycles. The van der Waals surface area contributed by atoms with Gasteiger partial charge in [0.25, 0.3) is 0 Å². The fourth-order valence-corrected chi connectivity index (χ4v) is 4.15. The Hall–Kier alpha value is -2.15. The lowest BCUT2D eigenvalue weighted by Crippen LogP contribution is -2.29. The molecule has 3 aromatic rings. The van der Waals surface area contributed by atoms with Gasteiger partial charge in [-0.25, -0.2) is 9.55 Å². The zero-order valence-corrected chi connectivity index (χ0v) is 14.8. The Morgan fingerprint density at radius 2 is 1.79 bits per heavy atom. The molecule has 2 atom stereocenters. The molecule has 0 aliphatic heterocycles. The smallest absolute Gasteiger partial charge is 0.330 e. The van der Waals surface area contributed by atoms with Crippen LogP contribution in [0, 0.1) is 6.92 Å². The zero-order valence-electron chi connectivity index (χ0n) is 14.0. The van der Waals surface area contributed by atoms with Crippen LogP contribution in [0.2, 0.25) is 0 Å². The summed E-state index contributed by atoms with van der Waals surface area (Å²) in [5.74, 6) is 0.754. The van der Waals surface area contributed by atoms with E-state index in [1.165, 1.54) is 0 Å². The van der Waals surface area contributed by atoms with Gasteiger partial charge in [-0.1, -0.05) is 36.4 Å². The molecule has 2 unspecified atom stereocenters. The van der Waals surface area contributed by atoms with Crippen molar-refractivity contribution in [3.8, 4) is 5.82 Å². The second kappa shape index (κ2) is 7.17. The van der Waals surface area contributed by atoms with Gasteiger partial charge in [0.2, 0.25) is 5.37 Å². The number of pyridine rings is 1. The third kappa shape index (κ3) is 3.21. The number of hydrogen-bond donors (Lipinski definition) is 0. The molecular weight excluding hydrogens is 320 g/mol. The molecule has 0 amide bonds. The summed E-state index contributed by atoms with van der Waals surface area (Å²) in [6.07, 6.45) is 5.20. The fourth-order valence-electron chi connectivity index (χ4n) is 2.66. The maximum absolute atomic E-state index is 13.3. The van der Waals surface area contributed by atoms with Crippen molar-refractivity contribution < 1.29 is 4.55 Å². The molecule has 24 heavy (non-hydrogen) atoms. The molecule has 0 radical (unpaired) electrons. The maximum atomic E-state index is 13.3. The van der Waals surface area contributed by atoms with Gasteiger partial charge in [-0.15, -0.1) is 0 Å². The van der Waals surface area contributed by atoms with Gasteiger partial charge in [-0.2, -0.15) is 4.98 Å². The fraction of sp³-hybridized carbons (Fsp3) is 0.222. The molecule has 0 saturated heterocycles. The molecule has 6 heteroatoms. The standard InChI is InChI=1S/C18H20N4OS/c1-14-8-7-11-19-16(14)22-13-12-20-18(22)24(23)17(21(2)3)15-9-5-4-6-10-15/h4-13,17H,1-3H3. The highest BCUT2D eigenvalue weighted by Gasteiger charge is 2.33. The molecule has 2 heterocycles. The summed E-state index contributed by atoms with van der Waals surface area (Å²) in [7, 11) is 3.85. The summed E-state index contributed by atoms with van der Waals surface area (Å²) in [5.41, 5.74) is 2.00. The second-order valence-corrected chi connectivity index (χ2v) is 7.15. The molecule has 0 fully saturated rings. The first-order valence-electron chi connectivity index (χ1n) is 7.67. The molecule has 1 aromatic carbocycles. The molecule has 124 valence electrons. The van der Waals surface area contributed by atoms with Crippen LogP contribution >= 0.6 is 0 Å². The number of rotatable bonds is 5. The van der Waals surface area contributed by atoms with Gasteiger partial charge < -0.3 is 4.55 Å². The van der Waals surface area contributed by atoms with E-state index in [4.69, 9.17) is 0 Å². The van der Waals surface area contributed by atoms with Gasteiger partial charge in [0, 0.05) is 29.1 Å². The Morgan fingerprint density at radius 1 is 1.04 bits per heavy atom. The monoisotopic (exact) mass is 340 g/mol. The predicted octanol–water partition coefficient (Wildman–Crippen LogP) is 2.94. The average Bonchev–Trinajstić information content (AvgIpc) is 3.05. The maximum Gasteiger partial charge on any atom is 0.330 e. The topological polar surface area (TPSA) is 57.0 Å². The highest BCUT2D eigenvalue weighted by Crippen LogP contribution is 2.30. The van der Waals surface area contributed by atoms with Crippen LogP contribution in [0.4, 0.5) is 0 Å². The summed E-state index contributed by atoms with van der Waals surface area (Å²) in [4.78, 5) is 10.7. The molecule has 0 N–H and O–H groups in total. The van der Waals surface area contributed by atoms with E-state index in [1.54, 1.807) is 18.6 Å². The lowest BCUT2D eigenvalue weighted by Gasteiger charge is -2.26. The summed E-state index contributed by atoms with van der Waals surface area (Å²) in [6, 6.07) is 13.7. The third-order valence-corrected chi connectivity index (χ3v) is 5.51. The lowest BCUT2D eigenvalue weighted by molar-refractivity contribution is 0.368. The van der Waals surface area contributed by atoms with E-state index >= 15 is 0 Å². The van der Waals surface area contributed by atoms with Gasteiger partial charge in [0.05, 0.1) is 6.20 Å². The van der Waals surface area contributed by atoms with E-state index in [-0.39, 0.29) is 5.37 Å². The quantitative estimate of drug-likeness (QED) is 0.670. The van der Waals surface area contributed by atoms with Crippen LogP contribution in [0.1, 0.15) is 16.5 Å². The third-order valence-electron chi connectivity index (χ3n) is 3.75. The Kier molecular flexibility index (Phi) is 4.99. The first-order chi connectivity index (χ1) is 11.6. The van der Waals surface area contributed by atoms with Crippen LogP contribution in [0.15, 0.2) is 66.2 Å². The first kappa shape index (κ1) is 16.7. The van der Waals surface area contributed by atoms with Gasteiger partial charge in [-0.3, -0.25) is 4.90 Å². The highest BCUT2D eigenvalue weighted by atomic mass is 32.2. The minimum Gasteiger partial charge on any atom is -0.607 e. The molecule has 0 saturated carbocycles. The van der Waals surface area contributed by atoms with Crippen molar-refractivity contribution in [2.24, 2.45) is 0 Å². The van der Waals surface area contributed by atoms with Crippen molar-refractivity contribution >= 4 is 11.2 Å². The lowest BCUT2D eigenvalue weighted by atomic mass is 10.2. The molecular formula is C18H20N4OS. The largest absolute Gasteiger partial charge is 0.607 e. The molecule has 2 aromatic heterocycles. The van der Waals surface area contributed by atoms with Crippen LogP contribution < -0.4 is 0 Å². The Labute approximate surface area is 145 Å². The molecule has 3 rings (SSSR count). The van der Waals surface area contributed by atoms with E-state index in [1.807, 2.05) is 73.0 Å². The summed E-state index contributed by atoms with van der Waals surface area (Å²) >= 11 is -1.35. The van der Waals surface area contributed by atoms with Crippen LogP contribution in [-0.2, 0) is 11.2 Å². The molecule has 0 bridgehead atoms.